The highest BCUT2D eigenvalue weighted by Crippen LogP contribution is 2.20. The Balaban J connectivity index is 1.48. The number of amides is 1. The molecule has 1 aromatic carbocycles. The molecule has 3 heterocycles. The van der Waals surface area contributed by atoms with E-state index in [1.807, 2.05) is 0 Å². The zero-order valence-corrected chi connectivity index (χ0v) is 19.9. The van der Waals surface area contributed by atoms with Crippen LogP contribution in [0.4, 0.5) is 11.5 Å². The Morgan fingerprint density at radius 3 is 2.46 bits per heavy atom. The van der Waals surface area contributed by atoms with Gasteiger partial charge >= 0.3 is 0 Å². The first kappa shape index (κ1) is 23.8. The maximum Gasteiger partial charge on any atom is 0.267 e. The topological polar surface area (TPSA) is 149 Å². The number of rotatable bonds is 7. The van der Waals surface area contributed by atoms with Crippen molar-refractivity contribution in [2.24, 2.45) is 0 Å². The molecule has 0 spiro atoms. The van der Waals surface area contributed by atoms with Gasteiger partial charge in [-0.05, 0) is 63.2 Å². The minimum absolute atomic E-state index is 0.0125. The lowest BCUT2D eigenvalue weighted by Gasteiger charge is -2.15. The summed E-state index contributed by atoms with van der Waals surface area (Å²) in [5.41, 5.74) is 0.937. The van der Waals surface area contributed by atoms with Gasteiger partial charge in [-0.25, -0.2) is 23.1 Å². The number of hydrogen-bond donors (Lipinski definition) is 2. The molecule has 0 radical (unpaired) electrons. The molecule has 1 atom stereocenters. The normalized spacial score (nSPS) is 12.2. The number of furan rings is 1. The van der Waals surface area contributed by atoms with Crippen molar-refractivity contribution < 1.29 is 17.6 Å². The molecule has 0 bridgehead atoms. The summed E-state index contributed by atoms with van der Waals surface area (Å²) in [5, 5.41) is 6.89. The number of carbonyl (C=O) groups excluding carboxylic acids is 1. The fraction of sp³-hybridized carbons (Fsp3) is 0.174. The van der Waals surface area contributed by atoms with Gasteiger partial charge in [0.1, 0.15) is 23.4 Å². The first-order chi connectivity index (χ1) is 16.6. The summed E-state index contributed by atoms with van der Waals surface area (Å²) >= 11 is 0. The van der Waals surface area contributed by atoms with E-state index in [2.05, 4.69) is 25.1 Å². The second-order valence-electron chi connectivity index (χ2n) is 7.72. The van der Waals surface area contributed by atoms with Crippen molar-refractivity contribution in [2.45, 2.75) is 31.7 Å². The summed E-state index contributed by atoms with van der Waals surface area (Å²) in [6, 6.07) is 12.4. The molecule has 12 heteroatoms. The van der Waals surface area contributed by atoms with Crippen LogP contribution >= 0.6 is 0 Å². The van der Waals surface area contributed by atoms with Gasteiger partial charge < -0.3 is 9.73 Å². The second-order valence-corrected chi connectivity index (χ2v) is 9.40. The Morgan fingerprint density at radius 1 is 1.06 bits per heavy atom. The SMILES string of the molecule is Cc1cc(NS(=O)(=O)c2ccc(NC(=O)C(C)n3nc(-c4ccco4)ccc3=O)cc2)nc(C)n1. The summed E-state index contributed by atoms with van der Waals surface area (Å²) in [6.45, 7) is 4.94. The van der Waals surface area contributed by atoms with E-state index in [0.29, 0.717) is 28.7 Å². The summed E-state index contributed by atoms with van der Waals surface area (Å²) < 4.78 is 34.2. The molecule has 1 amide bonds. The van der Waals surface area contributed by atoms with Gasteiger partial charge in [0.2, 0.25) is 5.91 Å². The van der Waals surface area contributed by atoms with Gasteiger partial charge in [-0.2, -0.15) is 5.10 Å². The van der Waals surface area contributed by atoms with Gasteiger partial charge in [-0.3, -0.25) is 14.3 Å². The van der Waals surface area contributed by atoms with Crippen molar-refractivity contribution in [3.8, 4) is 11.5 Å². The van der Waals surface area contributed by atoms with Crippen LogP contribution in [-0.2, 0) is 14.8 Å². The van der Waals surface area contributed by atoms with Crippen LogP contribution < -0.4 is 15.6 Å². The number of aromatic nitrogens is 4. The molecular weight excluding hydrogens is 472 g/mol. The van der Waals surface area contributed by atoms with Gasteiger partial charge in [-0.1, -0.05) is 0 Å². The fourth-order valence-corrected chi connectivity index (χ4v) is 4.29. The van der Waals surface area contributed by atoms with E-state index in [4.69, 9.17) is 4.42 Å². The average Bonchev–Trinajstić information content (AvgIpc) is 3.33. The van der Waals surface area contributed by atoms with E-state index in [0.717, 1.165) is 4.68 Å². The maximum absolute atomic E-state index is 12.8. The maximum atomic E-state index is 12.8. The molecule has 0 aliphatic rings. The van der Waals surface area contributed by atoms with E-state index >= 15 is 0 Å². The number of sulfonamides is 1. The zero-order valence-electron chi connectivity index (χ0n) is 19.1. The Hall–Kier alpha value is -4.32. The molecule has 4 aromatic rings. The quantitative estimate of drug-likeness (QED) is 0.398. The molecule has 0 saturated carbocycles. The number of aryl methyl sites for hydroxylation is 2. The van der Waals surface area contributed by atoms with E-state index in [1.165, 1.54) is 55.7 Å². The summed E-state index contributed by atoms with van der Waals surface area (Å²) in [7, 11) is -3.90. The van der Waals surface area contributed by atoms with E-state index < -0.39 is 27.5 Å². The molecule has 11 nitrogen and oxygen atoms in total. The summed E-state index contributed by atoms with van der Waals surface area (Å²) in [4.78, 5) is 33.3. The highest BCUT2D eigenvalue weighted by molar-refractivity contribution is 7.92. The lowest BCUT2D eigenvalue weighted by Crippen LogP contribution is -2.33. The third kappa shape index (κ3) is 5.44. The Bertz CT molecular complexity index is 1510. The molecule has 3 aromatic heterocycles. The number of benzene rings is 1. The molecule has 0 aliphatic carbocycles. The minimum Gasteiger partial charge on any atom is -0.463 e. The molecule has 0 aliphatic heterocycles. The van der Waals surface area contributed by atoms with Crippen LogP contribution in [0, 0.1) is 13.8 Å². The highest BCUT2D eigenvalue weighted by Gasteiger charge is 2.20. The third-order valence-electron chi connectivity index (χ3n) is 4.98. The zero-order chi connectivity index (χ0) is 25.2. The van der Waals surface area contributed by atoms with Crippen LogP contribution in [0.25, 0.3) is 11.5 Å². The molecule has 1 unspecified atom stereocenters. The van der Waals surface area contributed by atoms with E-state index in [-0.39, 0.29) is 10.7 Å². The molecule has 0 saturated heterocycles. The third-order valence-corrected chi connectivity index (χ3v) is 6.35. The fourth-order valence-electron chi connectivity index (χ4n) is 3.30. The second kappa shape index (κ2) is 9.50. The predicted molar refractivity (Wildman–Crippen MR) is 128 cm³/mol. The standard InChI is InChI=1S/C23H22N6O5S/c1-14-13-21(25-16(3)24-14)28-35(32,33)18-8-6-17(7-9-18)26-23(31)15(2)29-22(30)11-10-19(27-29)20-5-4-12-34-20/h4-13,15H,1-3H3,(H,26,31)(H,24,25,28). The monoisotopic (exact) mass is 494 g/mol. The highest BCUT2D eigenvalue weighted by atomic mass is 32.2. The largest absolute Gasteiger partial charge is 0.463 e. The number of nitrogens with one attached hydrogen (secondary N) is 2. The van der Waals surface area contributed by atoms with Crippen LogP contribution in [0.1, 0.15) is 24.5 Å². The molecule has 2 N–H and O–H groups in total. The minimum atomic E-state index is -3.90. The molecule has 0 fully saturated rings. The number of nitrogens with zero attached hydrogens (tertiary/aromatic N) is 4. The van der Waals surface area contributed by atoms with Crippen molar-refractivity contribution >= 4 is 27.4 Å². The van der Waals surface area contributed by atoms with Crippen molar-refractivity contribution in [2.75, 3.05) is 10.0 Å². The predicted octanol–water partition coefficient (Wildman–Crippen LogP) is 2.91. The Labute approximate surface area is 200 Å². The Kier molecular flexibility index (Phi) is 6.47. The number of hydrogen-bond acceptors (Lipinski definition) is 8. The summed E-state index contributed by atoms with van der Waals surface area (Å²) in [5.74, 6) is 0.565. The molecular formula is C23H22N6O5S. The van der Waals surface area contributed by atoms with Crippen LogP contribution in [0.2, 0.25) is 0 Å². The van der Waals surface area contributed by atoms with Gasteiger partial charge in [0.25, 0.3) is 15.6 Å². The van der Waals surface area contributed by atoms with Crippen molar-refractivity contribution in [1.29, 1.82) is 0 Å². The van der Waals surface area contributed by atoms with E-state index in [1.54, 1.807) is 26.0 Å². The summed E-state index contributed by atoms with van der Waals surface area (Å²) in [6.07, 6.45) is 1.48. The van der Waals surface area contributed by atoms with Crippen molar-refractivity contribution in [3.63, 3.8) is 0 Å². The first-order valence-electron chi connectivity index (χ1n) is 10.5. The van der Waals surface area contributed by atoms with Crippen LogP contribution in [0.3, 0.4) is 0 Å². The number of anilines is 2. The number of carbonyl (C=O) groups is 1. The van der Waals surface area contributed by atoms with Gasteiger partial charge in [0.05, 0.1) is 11.2 Å². The van der Waals surface area contributed by atoms with Crippen molar-refractivity contribution in [3.05, 3.63) is 82.7 Å². The molecule has 4 rings (SSSR count). The van der Waals surface area contributed by atoms with Crippen LogP contribution in [-0.4, -0.2) is 34.1 Å². The molecule has 35 heavy (non-hydrogen) atoms. The van der Waals surface area contributed by atoms with E-state index in [9.17, 15) is 18.0 Å². The first-order valence-corrected chi connectivity index (χ1v) is 12.0. The average molecular weight is 495 g/mol. The van der Waals surface area contributed by atoms with Gasteiger partial charge in [0, 0.05) is 23.5 Å². The van der Waals surface area contributed by atoms with Gasteiger partial charge in [-0.15, -0.1) is 0 Å². The van der Waals surface area contributed by atoms with Crippen LogP contribution in [0.15, 0.2) is 75.0 Å². The lowest BCUT2D eigenvalue weighted by molar-refractivity contribution is -0.119. The lowest BCUT2D eigenvalue weighted by atomic mass is 10.2. The Morgan fingerprint density at radius 2 is 1.80 bits per heavy atom. The molecule has 180 valence electrons. The van der Waals surface area contributed by atoms with Crippen molar-refractivity contribution in [1.82, 2.24) is 19.7 Å². The van der Waals surface area contributed by atoms with Gasteiger partial charge in [0.15, 0.2) is 5.76 Å². The smallest absolute Gasteiger partial charge is 0.267 e. The van der Waals surface area contributed by atoms with Crippen LogP contribution in [0.5, 0.6) is 0 Å².